The maximum Gasteiger partial charge on any atom is 0.318 e. The molecule has 1 atom stereocenters. The summed E-state index contributed by atoms with van der Waals surface area (Å²) in [7, 11) is 0. The second-order valence-corrected chi connectivity index (χ2v) is 5.79. The highest BCUT2D eigenvalue weighted by molar-refractivity contribution is 5.75. The number of hydrogen-bond acceptors (Lipinski definition) is 5. The lowest BCUT2D eigenvalue weighted by Crippen LogP contribution is -2.43. The number of urea groups is 1. The Hall–Kier alpha value is -2.48. The molecule has 24 heavy (non-hydrogen) atoms. The molecule has 2 amide bonds. The van der Waals surface area contributed by atoms with Gasteiger partial charge in [0.2, 0.25) is 11.7 Å². The van der Waals surface area contributed by atoms with Gasteiger partial charge < -0.3 is 19.8 Å². The first-order valence-electron chi connectivity index (χ1n) is 7.86. The molecule has 0 spiro atoms. The standard InChI is InChI=1S/C16H19FN4O3/c1-10(18-16(23)21(7-8-22)13-5-6-13)15-19-14(20-24-15)11-3-2-4-12(17)9-11/h2-4,9-10,13,22H,5-8H2,1H3,(H,18,23). The zero-order valence-corrected chi connectivity index (χ0v) is 13.3. The molecule has 1 aromatic heterocycles. The van der Waals surface area contributed by atoms with Crippen LogP contribution in [-0.4, -0.2) is 45.4 Å². The van der Waals surface area contributed by atoms with Crippen molar-refractivity contribution in [3.05, 3.63) is 36.0 Å². The highest BCUT2D eigenvalue weighted by Crippen LogP contribution is 2.27. The smallest absolute Gasteiger partial charge is 0.318 e. The Labute approximate surface area is 138 Å². The van der Waals surface area contributed by atoms with Gasteiger partial charge in [-0.3, -0.25) is 0 Å². The fraction of sp³-hybridized carbons (Fsp3) is 0.438. The minimum absolute atomic E-state index is 0.0808. The number of hydrogen-bond donors (Lipinski definition) is 2. The number of aromatic nitrogens is 2. The summed E-state index contributed by atoms with van der Waals surface area (Å²) in [6, 6.07) is 5.31. The number of carbonyl (C=O) groups is 1. The number of nitrogens with zero attached hydrogens (tertiary/aromatic N) is 3. The Bertz CT molecular complexity index is 717. The van der Waals surface area contributed by atoms with Crippen LogP contribution in [0.1, 0.15) is 31.7 Å². The molecular weight excluding hydrogens is 315 g/mol. The van der Waals surface area contributed by atoms with Crippen molar-refractivity contribution < 1.29 is 18.8 Å². The Kier molecular flexibility index (Phi) is 4.75. The van der Waals surface area contributed by atoms with Crippen LogP contribution in [0.4, 0.5) is 9.18 Å². The maximum atomic E-state index is 13.3. The van der Waals surface area contributed by atoms with Crippen molar-refractivity contribution in [2.45, 2.75) is 31.8 Å². The van der Waals surface area contributed by atoms with Crippen LogP contribution in [0.25, 0.3) is 11.4 Å². The largest absolute Gasteiger partial charge is 0.395 e. The third kappa shape index (κ3) is 3.70. The van der Waals surface area contributed by atoms with Gasteiger partial charge in [-0.15, -0.1) is 0 Å². The van der Waals surface area contributed by atoms with E-state index in [0.29, 0.717) is 12.1 Å². The van der Waals surface area contributed by atoms with E-state index in [1.54, 1.807) is 24.0 Å². The predicted molar refractivity (Wildman–Crippen MR) is 83.5 cm³/mol. The van der Waals surface area contributed by atoms with Gasteiger partial charge in [0.25, 0.3) is 0 Å². The number of benzene rings is 1. The first-order valence-corrected chi connectivity index (χ1v) is 7.86. The molecule has 0 aliphatic heterocycles. The number of aliphatic hydroxyl groups excluding tert-OH is 1. The number of rotatable bonds is 6. The van der Waals surface area contributed by atoms with Crippen LogP contribution in [-0.2, 0) is 0 Å². The molecule has 0 saturated heterocycles. The quantitative estimate of drug-likeness (QED) is 0.844. The van der Waals surface area contributed by atoms with Crippen molar-refractivity contribution in [1.29, 1.82) is 0 Å². The Morgan fingerprint density at radius 2 is 2.33 bits per heavy atom. The average Bonchev–Trinajstić information content (AvgIpc) is 3.27. The van der Waals surface area contributed by atoms with Crippen molar-refractivity contribution in [2.24, 2.45) is 0 Å². The molecule has 2 aromatic rings. The normalized spacial score (nSPS) is 15.1. The topological polar surface area (TPSA) is 91.5 Å². The van der Waals surface area contributed by atoms with Crippen LogP contribution >= 0.6 is 0 Å². The molecule has 2 N–H and O–H groups in total. The van der Waals surface area contributed by atoms with Crippen LogP contribution < -0.4 is 5.32 Å². The fourth-order valence-corrected chi connectivity index (χ4v) is 2.43. The fourth-order valence-electron chi connectivity index (χ4n) is 2.43. The van der Waals surface area contributed by atoms with Crippen LogP contribution in [0.15, 0.2) is 28.8 Å². The van der Waals surface area contributed by atoms with E-state index in [-0.39, 0.29) is 36.2 Å². The van der Waals surface area contributed by atoms with Gasteiger partial charge in [-0.1, -0.05) is 17.3 Å². The molecular formula is C16H19FN4O3. The molecule has 0 radical (unpaired) electrons. The van der Waals surface area contributed by atoms with Crippen LogP contribution in [0.5, 0.6) is 0 Å². The molecule has 128 valence electrons. The summed E-state index contributed by atoms with van der Waals surface area (Å²) in [5.41, 5.74) is 0.503. The van der Waals surface area contributed by atoms with E-state index in [9.17, 15) is 9.18 Å². The number of aliphatic hydroxyl groups is 1. The van der Waals surface area contributed by atoms with E-state index < -0.39 is 6.04 Å². The first kappa shape index (κ1) is 16.4. The van der Waals surface area contributed by atoms with E-state index >= 15 is 0 Å². The summed E-state index contributed by atoms with van der Waals surface area (Å²) in [6.45, 7) is 1.94. The van der Waals surface area contributed by atoms with Crippen molar-refractivity contribution in [2.75, 3.05) is 13.2 Å². The summed E-state index contributed by atoms with van der Waals surface area (Å²) < 4.78 is 18.4. The van der Waals surface area contributed by atoms with E-state index in [2.05, 4.69) is 15.5 Å². The lowest BCUT2D eigenvalue weighted by Gasteiger charge is -2.23. The monoisotopic (exact) mass is 334 g/mol. The molecule has 1 aliphatic carbocycles. The maximum absolute atomic E-state index is 13.3. The van der Waals surface area contributed by atoms with Gasteiger partial charge in [-0.25, -0.2) is 9.18 Å². The lowest BCUT2D eigenvalue weighted by molar-refractivity contribution is 0.169. The van der Waals surface area contributed by atoms with E-state index in [1.807, 2.05) is 0 Å². The SMILES string of the molecule is CC(NC(=O)N(CCO)C1CC1)c1nc(-c2cccc(F)c2)no1. The van der Waals surface area contributed by atoms with E-state index in [4.69, 9.17) is 9.63 Å². The van der Waals surface area contributed by atoms with E-state index in [1.165, 1.54) is 12.1 Å². The molecule has 1 fully saturated rings. The molecule has 8 heteroatoms. The molecule has 1 unspecified atom stereocenters. The minimum Gasteiger partial charge on any atom is -0.395 e. The summed E-state index contributed by atoms with van der Waals surface area (Å²) in [6.07, 6.45) is 1.90. The van der Waals surface area contributed by atoms with Crippen LogP contribution in [0.2, 0.25) is 0 Å². The Morgan fingerprint density at radius 1 is 1.54 bits per heavy atom. The molecule has 3 rings (SSSR count). The average molecular weight is 334 g/mol. The predicted octanol–water partition coefficient (Wildman–Crippen LogP) is 2.10. The summed E-state index contributed by atoms with van der Waals surface area (Å²) in [4.78, 5) is 18.1. The number of halogens is 1. The van der Waals surface area contributed by atoms with Gasteiger partial charge >= 0.3 is 6.03 Å². The summed E-state index contributed by atoms with van der Waals surface area (Å²) in [5.74, 6) is 0.117. The Morgan fingerprint density at radius 3 is 3.00 bits per heavy atom. The number of amides is 2. The van der Waals surface area contributed by atoms with Crippen molar-refractivity contribution in [1.82, 2.24) is 20.4 Å². The van der Waals surface area contributed by atoms with Crippen molar-refractivity contribution in [3.8, 4) is 11.4 Å². The summed E-state index contributed by atoms with van der Waals surface area (Å²) in [5, 5.41) is 15.7. The van der Waals surface area contributed by atoms with Crippen LogP contribution in [0, 0.1) is 5.82 Å². The molecule has 1 saturated carbocycles. The number of carbonyl (C=O) groups excluding carboxylic acids is 1. The van der Waals surface area contributed by atoms with Crippen molar-refractivity contribution >= 4 is 6.03 Å². The van der Waals surface area contributed by atoms with Gasteiger partial charge in [0, 0.05) is 18.2 Å². The highest BCUT2D eigenvalue weighted by atomic mass is 19.1. The molecule has 1 aromatic carbocycles. The van der Waals surface area contributed by atoms with Crippen molar-refractivity contribution in [3.63, 3.8) is 0 Å². The van der Waals surface area contributed by atoms with Gasteiger partial charge in [0.05, 0.1) is 6.61 Å². The molecule has 1 heterocycles. The highest BCUT2D eigenvalue weighted by Gasteiger charge is 2.33. The van der Waals surface area contributed by atoms with Gasteiger partial charge in [0.15, 0.2) is 0 Å². The Balaban J connectivity index is 1.67. The zero-order chi connectivity index (χ0) is 17.1. The third-order valence-electron chi connectivity index (χ3n) is 3.82. The molecule has 7 nitrogen and oxygen atoms in total. The van der Waals surface area contributed by atoms with Gasteiger partial charge in [-0.2, -0.15) is 4.98 Å². The second kappa shape index (κ2) is 6.96. The molecule has 1 aliphatic rings. The second-order valence-electron chi connectivity index (χ2n) is 5.79. The lowest BCUT2D eigenvalue weighted by atomic mass is 10.2. The van der Waals surface area contributed by atoms with E-state index in [0.717, 1.165) is 12.8 Å². The number of nitrogens with one attached hydrogen (secondary N) is 1. The summed E-state index contributed by atoms with van der Waals surface area (Å²) >= 11 is 0. The molecule has 0 bridgehead atoms. The zero-order valence-electron chi connectivity index (χ0n) is 13.3. The third-order valence-corrected chi connectivity index (χ3v) is 3.82. The minimum atomic E-state index is -0.493. The first-order chi connectivity index (χ1) is 11.6. The van der Waals surface area contributed by atoms with Gasteiger partial charge in [-0.05, 0) is 31.9 Å². The van der Waals surface area contributed by atoms with Gasteiger partial charge in [0.1, 0.15) is 11.9 Å². The van der Waals surface area contributed by atoms with Crippen LogP contribution in [0.3, 0.4) is 0 Å².